The number of methoxy groups -OCH3 is 1. The fourth-order valence-corrected chi connectivity index (χ4v) is 6.20. The molecule has 4 aromatic rings. The van der Waals surface area contributed by atoms with Gasteiger partial charge in [-0.15, -0.1) is 0 Å². The largest absolute Gasteiger partial charge is 0.507 e. The lowest BCUT2D eigenvalue weighted by Gasteiger charge is -2.24. The van der Waals surface area contributed by atoms with Gasteiger partial charge in [0.15, 0.2) is 16.6 Å². The van der Waals surface area contributed by atoms with E-state index in [1.807, 2.05) is 0 Å². The average Bonchev–Trinajstić information content (AvgIpc) is 3.54. The number of hydrogen-bond donors (Lipinski definition) is 1. The van der Waals surface area contributed by atoms with E-state index in [1.165, 1.54) is 23.3 Å². The van der Waals surface area contributed by atoms with E-state index in [1.54, 1.807) is 60.7 Å². The number of fused-ring (bicyclic) bond motifs is 1. The molecule has 44 heavy (non-hydrogen) atoms. The van der Waals surface area contributed by atoms with Crippen LogP contribution in [0.2, 0.25) is 5.02 Å². The second kappa shape index (κ2) is 13.7. The highest BCUT2D eigenvalue weighted by Gasteiger charge is 2.48. The molecule has 0 saturated carbocycles. The summed E-state index contributed by atoms with van der Waals surface area (Å²) in [6.45, 7) is 7.35. The molecule has 5 rings (SSSR count). The van der Waals surface area contributed by atoms with Crippen molar-refractivity contribution in [3.8, 4) is 17.2 Å². The topological polar surface area (TPSA) is 98.2 Å². The molecule has 8 nitrogen and oxygen atoms in total. The van der Waals surface area contributed by atoms with Crippen molar-refractivity contribution in [1.82, 2.24) is 4.98 Å². The fraction of sp³-hybridized carbons (Fsp3) is 0.324. The SMILES string of the molecule is CCCCOc1cccc(/C(O)=C2\C(=O)C(=O)N(c3nc4ccc(Cl)cc4s3)C2c2ccc(OCCC(C)C)c(OC)c2)c1. The summed E-state index contributed by atoms with van der Waals surface area (Å²) in [5, 5.41) is 12.5. The van der Waals surface area contributed by atoms with E-state index >= 15 is 0 Å². The lowest BCUT2D eigenvalue weighted by Crippen LogP contribution is -2.29. The van der Waals surface area contributed by atoms with Crippen LogP contribution in [0.15, 0.2) is 66.2 Å². The van der Waals surface area contributed by atoms with Crippen LogP contribution in [-0.2, 0) is 9.59 Å². The van der Waals surface area contributed by atoms with Gasteiger partial charge in [0, 0.05) is 10.6 Å². The Morgan fingerprint density at radius 1 is 1.05 bits per heavy atom. The first-order valence-electron chi connectivity index (χ1n) is 14.6. The Morgan fingerprint density at radius 3 is 2.61 bits per heavy atom. The summed E-state index contributed by atoms with van der Waals surface area (Å²) in [6.07, 6.45) is 2.73. The highest BCUT2D eigenvalue weighted by Crippen LogP contribution is 2.46. The number of rotatable bonds is 12. The number of hydrogen-bond acceptors (Lipinski definition) is 8. The third-order valence-corrected chi connectivity index (χ3v) is 8.57. The molecule has 1 aliphatic rings. The van der Waals surface area contributed by atoms with Crippen LogP contribution < -0.4 is 19.1 Å². The summed E-state index contributed by atoms with van der Waals surface area (Å²) in [7, 11) is 1.53. The molecule has 1 N–H and O–H groups in total. The number of carbonyl (C=O) groups is 2. The predicted octanol–water partition coefficient (Wildman–Crippen LogP) is 8.19. The highest BCUT2D eigenvalue weighted by molar-refractivity contribution is 7.22. The molecule has 1 saturated heterocycles. The van der Waals surface area contributed by atoms with E-state index < -0.39 is 17.7 Å². The maximum Gasteiger partial charge on any atom is 0.301 e. The van der Waals surface area contributed by atoms with Crippen molar-refractivity contribution in [1.29, 1.82) is 0 Å². The Morgan fingerprint density at radius 2 is 1.86 bits per heavy atom. The zero-order valence-corrected chi connectivity index (χ0v) is 26.7. The molecule has 1 aromatic heterocycles. The number of aromatic nitrogens is 1. The quantitative estimate of drug-likeness (QED) is 0.0726. The van der Waals surface area contributed by atoms with E-state index in [4.69, 9.17) is 25.8 Å². The number of halogens is 1. The Balaban J connectivity index is 1.63. The standard InChI is InChI=1S/C34H35ClN2O6S/c1-5-6-15-42-24-9-7-8-22(17-24)31(38)29-30(21-10-13-26(27(18-21)41-4)43-16-14-20(2)3)37(33(40)32(29)39)34-36-25-12-11-23(35)19-28(25)44-34/h7-13,17-20,30,38H,5-6,14-16H2,1-4H3/b31-29+. The molecule has 1 fully saturated rings. The van der Waals surface area contributed by atoms with Crippen molar-refractivity contribution < 1.29 is 28.9 Å². The molecular weight excluding hydrogens is 600 g/mol. The summed E-state index contributed by atoms with van der Waals surface area (Å²) in [5.74, 6) is 0.0866. The van der Waals surface area contributed by atoms with Gasteiger partial charge < -0.3 is 19.3 Å². The van der Waals surface area contributed by atoms with Crippen LogP contribution in [0.3, 0.4) is 0 Å². The van der Waals surface area contributed by atoms with Crippen LogP contribution in [-0.4, -0.2) is 42.1 Å². The second-order valence-corrected chi connectivity index (χ2v) is 12.4. The van der Waals surface area contributed by atoms with Crippen molar-refractivity contribution in [3.63, 3.8) is 0 Å². The molecule has 1 unspecified atom stereocenters. The van der Waals surface area contributed by atoms with Crippen molar-refractivity contribution in [2.45, 2.75) is 46.1 Å². The summed E-state index contributed by atoms with van der Waals surface area (Å²) < 4.78 is 18.3. The molecule has 10 heteroatoms. The summed E-state index contributed by atoms with van der Waals surface area (Å²) in [6, 6.07) is 16.4. The van der Waals surface area contributed by atoms with Crippen LogP contribution in [0, 0.1) is 5.92 Å². The number of ether oxygens (including phenoxy) is 3. The van der Waals surface area contributed by atoms with E-state index in [2.05, 4.69) is 25.8 Å². The molecular formula is C34H35ClN2O6S. The molecule has 0 spiro atoms. The number of unbranched alkanes of at least 4 members (excludes halogenated alkanes) is 1. The third kappa shape index (κ3) is 6.54. The van der Waals surface area contributed by atoms with Crippen LogP contribution in [0.5, 0.6) is 17.2 Å². The minimum atomic E-state index is -0.991. The number of amides is 1. The molecule has 230 valence electrons. The number of aliphatic hydroxyl groups is 1. The fourth-order valence-electron chi connectivity index (χ4n) is 4.94. The number of ketones is 1. The van der Waals surface area contributed by atoms with Crippen LogP contribution in [0.25, 0.3) is 16.0 Å². The zero-order chi connectivity index (χ0) is 31.4. The first kappa shape index (κ1) is 31.3. The van der Waals surface area contributed by atoms with Gasteiger partial charge in [-0.25, -0.2) is 4.98 Å². The van der Waals surface area contributed by atoms with Gasteiger partial charge in [0.25, 0.3) is 5.78 Å². The number of carbonyl (C=O) groups excluding carboxylic acids is 2. The molecule has 1 amide bonds. The van der Waals surface area contributed by atoms with Gasteiger partial charge in [-0.05, 0) is 66.8 Å². The van der Waals surface area contributed by atoms with Crippen molar-refractivity contribution >= 4 is 55.7 Å². The number of benzene rings is 3. The zero-order valence-electron chi connectivity index (χ0n) is 25.1. The molecule has 0 radical (unpaired) electrons. The van der Waals surface area contributed by atoms with Gasteiger partial charge in [0.2, 0.25) is 0 Å². The Hall–Kier alpha value is -4.08. The molecule has 3 aromatic carbocycles. The maximum atomic E-state index is 13.7. The van der Waals surface area contributed by atoms with Crippen molar-refractivity contribution in [2.24, 2.45) is 5.92 Å². The highest BCUT2D eigenvalue weighted by atomic mass is 35.5. The van der Waals surface area contributed by atoms with Gasteiger partial charge in [-0.1, -0.05) is 68.3 Å². The third-order valence-electron chi connectivity index (χ3n) is 7.32. The van der Waals surface area contributed by atoms with E-state index in [0.29, 0.717) is 63.2 Å². The Labute approximate surface area is 265 Å². The Bertz CT molecular complexity index is 1720. The van der Waals surface area contributed by atoms with E-state index in [9.17, 15) is 14.7 Å². The minimum Gasteiger partial charge on any atom is -0.507 e. The van der Waals surface area contributed by atoms with Gasteiger partial charge in [-0.2, -0.15) is 0 Å². The number of nitrogens with zero attached hydrogens (tertiary/aromatic N) is 2. The maximum absolute atomic E-state index is 13.7. The van der Waals surface area contributed by atoms with Gasteiger partial charge in [0.05, 0.1) is 42.2 Å². The lowest BCUT2D eigenvalue weighted by atomic mass is 9.95. The second-order valence-electron chi connectivity index (χ2n) is 10.9. The number of anilines is 1. The van der Waals surface area contributed by atoms with Gasteiger partial charge in [0.1, 0.15) is 11.5 Å². The lowest BCUT2D eigenvalue weighted by molar-refractivity contribution is -0.132. The predicted molar refractivity (Wildman–Crippen MR) is 174 cm³/mol. The molecule has 1 atom stereocenters. The molecule has 2 heterocycles. The van der Waals surface area contributed by atoms with Crippen LogP contribution in [0.1, 0.15) is 57.2 Å². The summed E-state index contributed by atoms with van der Waals surface area (Å²) in [5.41, 5.74) is 1.48. The van der Waals surface area contributed by atoms with E-state index in [-0.39, 0.29) is 11.3 Å². The normalized spacial score (nSPS) is 16.2. The van der Waals surface area contributed by atoms with Gasteiger partial charge >= 0.3 is 5.91 Å². The summed E-state index contributed by atoms with van der Waals surface area (Å²) >= 11 is 7.46. The van der Waals surface area contributed by atoms with Crippen molar-refractivity contribution in [3.05, 3.63) is 82.4 Å². The monoisotopic (exact) mass is 634 g/mol. The number of Topliss-reactive ketones (excluding diaryl/α,β-unsaturated/α-hetero) is 1. The molecule has 0 aliphatic carbocycles. The van der Waals surface area contributed by atoms with Crippen LogP contribution >= 0.6 is 22.9 Å². The molecule has 0 bridgehead atoms. The summed E-state index contributed by atoms with van der Waals surface area (Å²) in [4.78, 5) is 33.5. The smallest absolute Gasteiger partial charge is 0.301 e. The van der Waals surface area contributed by atoms with Crippen molar-refractivity contribution in [2.75, 3.05) is 25.2 Å². The Kier molecular flexibility index (Phi) is 9.76. The first-order valence-corrected chi connectivity index (χ1v) is 15.8. The van der Waals surface area contributed by atoms with Gasteiger partial charge in [-0.3, -0.25) is 14.5 Å². The number of aliphatic hydroxyl groups excluding tert-OH is 1. The first-order chi connectivity index (χ1) is 21.2. The van der Waals surface area contributed by atoms with E-state index in [0.717, 1.165) is 24.0 Å². The number of thiazole rings is 1. The molecule has 1 aliphatic heterocycles. The average molecular weight is 635 g/mol. The van der Waals surface area contributed by atoms with Crippen LogP contribution in [0.4, 0.5) is 5.13 Å². The minimum absolute atomic E-state index is 0.0616.